The van der Waals surface area contributed by atoms with Gasteiger partial charge in [0.25, 0.3) is 0 Å². The summed E-state index contributed by atoms with van der Waals surface area (Å²) < 4.78 is 11.1. The smallest absolute Gasteiger partial charge is 0.122 e. The van der Waals surface area contributed by atoms with Crippen LogP contribution in [0.3, 0.4) is 0 Å². The maximum absolute atomic E-state index is 5.64. The fourth-order valence-electron chi connectivity index (χ4n) is 3.00. The van der Waals surface area contributed by atoms with E-state index in [1.165, 1.54) is 16.7 Å². The van der Waals surface area contributed by atoms with Gasteiger partial charge in [0.15, 0.2) is 0 Å². The number of ether oxygens (including phenoxy) is 2. The van der Waals surface area contributed by atoms with Crippen LogP contribution in [-0.4, -0.2) is 18.8 Å². The van der Waals surface area contributed by atoms with Crippen molar-refractivity contribution in [1.29, 1.82) is 0 Å². The van der Waals surface area contributed by atoms with Gasteiger partial charge < -0.3 is 9.47 Å². The van der Waals surface area contributed by atoms with Crippen molar-refractivity contribution in [3.63, 3.8) is 0 Å². The number of methoxy groups -OCH3 is 1. The summed E-state index contributed by atoms with van der Waals surface area (Å²) in [7, 11) is 1.73. The van der Waals surface area contributed by atoms with E-state index in [9.17, 15) is 0 Å². The van der Waals surface area contributed by atoms with E-state index in [4.69, 9.17) is 9.47 Å². The van der Waals surface area contributed by atoms with Crippen LogP contribution >= 0.6 is 0 Å². The number of benzene rings is 1. The van der Waals surface area contributed by atoms with Gasteiger partial charge in [0.2, 0.25) is 0 Å². The van der Waals surface area contributed by atoms with Crippen molar-refractivity contribution in [3.8, 4) is 5.75 Å². The van der Waals surface area contributed by atoms with Gasteiger partial charge in [-0.25, -0.2) is 0 Å². The van der Waals surface area contributed by atoms with E-state index in [-0.39, 0.29) is 5.60 Å². The second kappa shape index (κ2) is 8.53. The quantitative estimate of drug-likeness (QED) is 0.418. The molecule has 1 aliphatic rings. The van der Waals surface area contributed by atoms with Crippen molar-refractivity contribution < 1.29 is 9.47 Å². The zero-order valence-corrected chi connectivity index (χ0v) is 15.9. The molecular formula is C22H32O2. The van der Waals surface area contributed by atoms with Crippen LogP contribution in [0.2, 0.25) is 0 Å². The minimum atomic E-state index is 0.123. The molecule has 1 aromatic rings. The molecule has 1 fully saturated rings. The van der Waals surface area contributed by atoms with E-state index in [2.05, 4.69) is 52.0 Å². The lowest BCUT2D eigenvalue weighted by molar-refractivity contribution is 0.320. The number of hydrogen-bond acceptors (Lipinski definition) is 2. The zero-order valence-electron chi connectivity index (χ0n) is 15.9. The molecule has 1 unspecified atom stereocenters. The average Bonchev–Trinajstić information content (AvgIpc) is 3.18. The Morgan fingerprint density at radius 3 is 2.46 bits per heavy atom. The third-order valence-electron chi connectivity index (χ3n) is 4.86. The van der Waals surface area contributed by atoms with E-state index >= 15 is 0 Å². The van der Waals surface area contributed by atoms with Crippen molar-refractivity contribution in [2.45, 2.75) is 71.5 Å². The maximum atomic E-state index is 5.64. The van der Waals surface area contributed by atoms with Crippen molar-refractivity contribution in [1.82, 2.24) is 0 Å². The first-order chi connectivity index (χ1) is 11.4. The summed E-state index contributed by atoms with van der Waals surface area (Å²) in [4.78, 5) is 0. The Hall–Kier alpha value is -1.54. The van der Waals surface area contributed by atoms with Gasteiger partial charge in [0, 0.05) is 0 Å². The second-order valence-corrected chi connectivity index (χ2v) is 7.40. The molecule has 1 atom stereocenters. The first-order valence-electron chi connectivity index (χ1n) is 9.03. The van der Waals surface area contributed by atoms with Crippen LogP contribution in [-0.2, 0) is 11.2 Å². The predicted molar refractivity (Wildman–Crippen MR) is 102 cm³/mol. The normalized spacial score (nSPS) is 20.1. The van der Waals surface area contributed by atoms with Gasteiger partial charge in [-0.2, -0.15) is 0 Å². The molecule has 0 aliphatic carbocycles. The van der Waals surface area contributed by atoms with Crippen LogP contribution in [0.25, 0.3) is 0 Å². The van der Waals surface area contributed by atoms with Crippen LogP contribution in [0.5, 0.6) is 5.75 Å². The number of hydrogen-bond donors (Lipinski definition) is 0. The van der Waals surface area contributed by atoms with E-state index < -0.39 is 0 Å². The fraction of sp³-hybridized carbons (Fsp3) is 0.545. The van der Waals surface area contributed by atoms with Crippen molar-refractivity contribution in [2.24, 2.45) is 0 Å². The fourth-order valence-corrected chi connectivity index (χ4v) is 3.00. The van der Waals surface area contributed by atoms with E-state index in [0.29, 0.717) is 6.10 Å². The highest BCUT2D eigenvalue weighted by atomic mass is 16.6. The summed E-state index contributed by atoms with van der Waals surface area (Å²) in [6, 6.07) is 8.24. The molecule has 0 spiro atoms. The molecule has 1 saturated heterocycles. The topological polar surface area (TPSA) is 21.8 Å². The molecule has 1 aromatic carbocycles. The number of rotatable bonds is 9. The van der Waals surface area contributed by atoms with E-state index in [0.717, 1.165) is 37.9 Å². The molecule has 2 rings (SSSR count). The Labute approximate surface area is 147 Å². The molecule has 2 heteroatoms. The average molecular weight is 328 g/mol. The summed E-state index contributed by atoms with van der Waals surface area (Å²) in [6.07, 6.45) is 10.6. The molecule has 2 nitrogen and oxygen atoms in total. The minimum Gasteiger partial charge on any atom is -0.496 e. The molecule has 132 valence electrons. The Bertz CT molecular complexity index is 596. The van der Waals surface area contributed by atoms with Gasteiger partial charge in [0.05, 0.1) is 18.8 Å². The molecule has 1 aliphatic heterocycles. The van der Waals surface area contributed by atoms with Gasteiger partial charge in [-0.1, -0.05) is 41.5 Å². The van der Waals surface area contributed by atoms with Gasteiger partial charge in [-0.05, 0) is 71.4 Å². The standard InChI is InChI=1S/C22H32O2/c1-17(13-15-19-11-6-7-12-20(19)23-5)9-8-10-18(2)14-16-21-22(3,4)24-21/h6-7,10-13,21H,8-9,14-16H2,1-5H3/b17-13+,18-10+. The largest absolute Gasteiger partial charge is 0.496 e. The highest BCUT2D eigenvalue weighted by molar-refractivity contribution is 5.35. The Balaban J connectivity index is 1.71. The highest BCUT2D eigenvalue weighted by Gasteiger charge is 2.46. The summed E-state index contributed by atoms with van der Waals surface area (Å²) in [5.74, 6) is 0.975. The number of para-hydroxylation sites is 1. The molecule has 1 heterocycles. The van der Waals surface area contributed by atoms with E-state index in [1.807, 2.05) is 12.1 Å². The number of allylic oxidation sites excluding steroid dienone is 4. The monoisotopic (exact) mass is 328 g/mol. The highest BCUT2D eigenvalue weighted by Crippen LogP contribution is 2.38. The summed E-state index contributed by atoms with van der Waals surface area (Å²) in [5.41, 5.74) is 4.30. The van der Waals surface area contributed by atoms with E-state index in [1.54, 1.807) is 7.11 Å². The third-order valence-corrected chi connectivity index (χ3v) is 4.86. The van der Waals surface area contributed by atoms with Gasteiger partial charge in [0.1, 0.15) is 5.75 Å². The van der Waals surface area contributed by atoms with Gasteiger partial charge in [-0.15, -0.1) is 0 Å². The first kappa shape index (κ1) is 18.8. The van der Waals surface area contributed by atoms with Gasteiger partial charge in [-0.3, -0.25) is 0 Å². The maximum Gasteiger partial charge on any atom is 0.122 e. The van der Waals surface area contributed by atoms with Crippen molar-refractivity contribution >= 4 is 0 Å². The lowest BCUT2D eigenvalue weighted by atomic mass is 10.0. The Kier molecular flexibility index (Phi) is 6.68. The lowest BCUT2D eigenvalue weighted by Crippen LogP contribution is -2.02. The van der Waals surface area contributed by atoms with Crippen LogP contribution < -0.4 is 4.74 Å². The second-order valence-electron chi connectivity index (χ2n) is 7.40. The molecule has 0 amide bonds. The van der Waals surface area contributed by atoms with Crippen LogP contribution in [0.4, 0.5) is 0 Å². The zero-order chi connectivity index (χ0) is 17.6. The molecule has 24 heavy (non-hydrogen) atoms. The number of epoxide rings is 1. The SMILES string of the molecule is COc1ccccc1C/C=C(\C)CC/C=C(\C)CCC1OC1(C)C. The molecule has 0 bridgehead atoms. The van der Waals surface area contributed by atoms with Crippen LogP contribution in [0.1, 0.15) is 58.9 Å². The van der Waals surface area contributed by atoms with Crippen molar-refractivity contribution in [2.75, 3.05) is 7.11 Å². The molecule has 0 saturated carbocycles. The Morgan fingerprint density at radius 1 is 1.12 bits per heavy atom. The van der Waals surface area contributed by atoms with Crippen LogP contribution in [0, 0.1) is 0 Å². The molecular weight excluding hydrogens is 296 g/mol. The molecule has 0 aromatic heterocycles. The van der Waals surface area contributed by atoms with Crippen molar-refractivity contribution in [3.05, 3.63) is 53.1 Å². The summed E-state index contributed by atoms with van der Waals surface area (Å²) in [6.45, 7) is 8.81. The summed E-state index contributed by atoms with van der Waals surface area (Å²) >= 11 is 0. The third kappa shape index (κ3) is 5.83. The first-order valence-corrected chi connectivity index (χ1v) is 9.03. The van der Waals surface area contributed by atoms with Gasteiger partial charge >= 0.3 is 0 Å². The van der Waals surface area contributed by atoms with Crippen LogP contribution in [0.15, 0.2) is 47.6 Å². The molecule has 0 N–H and O–H groups in total. The lowest BCUT2D eigenvalue weighted by Gasteiger charge is -2.06. The predicted octanol–water partition coefficient (Wildman–Crippen LogP) is 5.87. The minimum absolute atomic E-state index is 0.123. The summed E-state index contributed by atoms with van der Waals surface area (Å²) in [5, 5.41) is 0. The Morgan fingerprint density at radius 2 is 1.79 bits per heavy atom. The molecule has 0 radical (unpaired) electrons.